The molecular weight excluding hydrogens is 142 g/mol. The molecule has 0 aromatic carbocycles. The van der Waals surface area contributed by atoms with Gasteiger partial charge in [-0.25, -0.2) is 0 Å². The van der Waals surface area contributed by atoms with Crippen LogP contribution in [0.4, 0.5) is 0 Å². The summed E-state index contributed by atoms with van der Waals surface area (Å²) in [6, 6.07) is 0. The van der Waals surface area contributed by atoms with Gasteiger partial charge in [-0.05, 0) is 12.3 Å². The zero-order valence-corrected chi connectivity index (χ0v) is 7.04. The van der Waals surface area contributed by atoms with E-state index >= 15 is 0 Å². The quantitative estimate of drug-likeness (QED) is 0.605. The SMILES string of the molecule is CCC(C1CO1)C(C)C(N)=O. The lowest BCUT2D eigenvalue weighted by Crippen LogP contribution is -2.30. The minimum atomic E-state index is -0.215. The molecule has 2 N–H and O–H groups in total. The Balaban J connectivity index is 2.45. The van der Waals surface area contributed by atoms with Crippen LogP contribution in [0.25, 0.3) is 0 Å². The fourth-order valence-corrected chi connectivity index (χ4v) is 1.45. The third kappa shape index (κ3) is 1.93. The van der Waals surface area contributed by atoms with Gasteiger partial charge in [0.2, 0.25) is 5.91 Å². The summed E-state index contributed by atoms with van der Waals surface area (Å²) in [4.78, 5) is 10.8. The van der Waals surface area contributed by atoms with Crippen molar-refractivity contribution in [2.24, 2.45) is 17.6 Å². The molecule has 1 rings (SSSR count). The first-order chi connectivity index (χ1) is 5.16. The van der Waals surface area contributed by atoms with Crippen LogP contribution in [0.1, 0.15) is 20.3 Å². The van der Waals surface area contributed by atoms with Crippen LogP contribution in [0.15, 0.2) is 0 Å². The molecule has 3 nitrogen and oxygen atoms in total. The largest absolute Gasteiger partial charge is 0.373 e. The Morgan fingerprint density at radius 2 is 2.36 bits per heavy atom. The second-order valence-electron chi connectivity index (χ2n) is 3.13. The number of hydrogen-bond donors (Lipinski definition) is 1. The lowest BCUT2D eigenvalue weighted by molar-refractivity contribution is -0.123. The van der Waals surface area contributed by atoms with E-state index in [2.05, 4.69) is 6.92 Å². The van der Waals surface area contributed by atoms with Crippen LogP contribution in [0, 0.1) is 11.8 Å². The average Bonchev–Trinajstić information content (AvgIpc) is 2.72. The van der Waals surface area contributed by atoms with Gasteiger partial charge in [0.25, 0.3) is 0 Å². The van der Waals surface area contributed by atoms with Crippen LogP contribution in [0.5, 0.6) is 0 Å². The van der Waals surface area contributed by atoms with Gasteiger partial charge in [-0.2, -0.15) is 0 Å². The van der Waals surface area contributed by atoms with E-state index in [1.807, 2.05) is 6.92 Å². The minimum absolute atomic E-state index is 0.0486. The van der Waals surface area contributed by atoms with Gasteiger partial charge in [-0.1, -0.05) is 13.8 Å². The third-order valence-corrected chi connectivity index (χ3v) is 2.40. The Kier molecular flexibility index (Phi) is 2.49. The molecule has 1 heterocycles. The summed E-state index contributed by atoms with van der Waals surface area (Å²) >= 11 is 0. The van der Waals surface area contributed by atoms with Gasteiger partial charge in [0.15, 0.2) is 0 Å². The summed E-state index contributed by atoms with van der Waals surface area (Å²) in [5.41, 5.74) is 5.18. The Morgan fingerprint density at radius 3 is 2.64 bits per heavy atom. The molecular formula is C8H15NO2. The molecule has 3 unspecified atom stereocenters. The number of carbonyl (C=O) groups is 1. The van der Waals surface area contributed by atoms with Gasteiger partial charge >= 0.3 is 0 Å². The van der Waals surface area contributed by atoms with Crippen molar-refractivity contribution in [3.63, 3.8) is 0 Å². The van der Waals surface area contributed by atoms with Crippen molar-refractivity contribution in [1.82, 2.24) is 0 Å². The van der Waals surface area contributed by atoms with Crippen molar-refractivity contribution in [3.05, 3.63) is 0 Å². The number of primary amides is 1. The number of ether oxygens (including phenoxy) is 1. The van der Waals surface area contributed by atoms with E-state index in [4.69, 9.17) is 10.5 Å². The van der Waals surface area contributed by atoms with E-state index in [9.17, 15) is 4.79 Å². The molecule has 3 heteroatoms. The van der Waals surface area contributed by atoms with Crippen LogP contribution < -0.4 is 5.73 Å². The van der Waals surface area contributed by atoms with Gasteiger partial charge in [0, 0.05) is 5.92 Å². The number of hydrogen-bond acceptors (Lipinski definition) is 2. The molecule has 0 radical (unpaired) electrons. The van der Waals surface area contributed by atoms with Crippen molar-refractivity contribution in [3.8, 4) is 0 Å². The zero-order chi connectivity index (χ0) is 8.43. The van der Waals surface area contributed by atoms with E-state index in [0.29, 0.717) is 12.0 Å². The first-order valence-corrected chi connectivity index (χ1v) is 4.07. The first-order valence-electron chi connectivity index (χ1n) is 4.07. The molecule has 64 valence electrons. The van der Waals surface area contributed by atoms with Crippen molar-refractivity contribution >= 4 is 5.91 Å². The number of nitrogens with two attached hydrogens (primary N) is 1. The predicted molar refractivity (Wildman–Crippen MR) is 41.9 cm³/mol. The lowest BCUT2D eigenvalue weighted by Gasteiger charge is -2.16. The Labute approximate surface area is 66.9 Å². The lowest BCUT2D eigenvalue weighted by atomic mass is 9.88. The monoisotopic (exact) mass is 157 g/mol. The molecule has 1 fully saturated rings. The van der Waals surface area contributed by atoms with E-state index in [1.165, 1.54) is 0 Å². The maximum absolute atomic E-state index is 10.8. The normalized spacial score (nSPS) is 27.6. The van der Waals surface area contributed by atoms with Crippen molar-refractivity contribution in [2.75, 3.05) is 6.61 Å². The van der Waals surface area contributed by atoms with Crippen LogP contribution in [0.3, 0.4) is 0 Å². The van der Waals surface area contributed by atoms with Gasteiger partial charge in [0.05, 0.1) is 12.7 Å². The maximum Gasteiger partial charge on any atom is 0.220 e. The van der Waals surface area contributed by atoms with Gasteiger partial charge in [0.1, 0.15) is 0 Å². The number of rotatable bonds is 4. The molecule has 0 saturated carbocycles. The van der Waals surface area contributed by atoms with Crippen LogP contribution >= 0.6 is 0 Å². The smallest absolute Gasteiger partial charge is 0.220 e. The summed E-state index contributed by atoms with van der Waals surface area (Å²) in [5.74, 6) is 0.0624. The highest BCUT2D eigenvalue weighted by atomic mass is 16.6. The number of amides is 1. The van der Waals surface area contributed by atoms with E-state index in [1.54, 1.807) is 0 Å². The molecule has 0 bridgehead atoms. The molecule has 0 aromatic heterocycles. The maximum atomic E-state index is 10.8. The Hall–Kier alpha value is -0.570. The first kappa shape index (κ1) is 8.53. The topological polar surface area (TPSA) is 55.6 Å². The molecule has 1 saturated heterocycles. The third-order valence-electron chi connectivity index (χ3n) is 2.40. The van der Waals surface area contributed by atoms with Crippen molar-refractivity contribution in [2.45, 2.75) is 26.4 Å². The van der Waals surface area contributed by atoms with Gasteiger partial charge in [-0.3, -0.25) is 4.79 Å². The molecule has 1 aliphatic rings. The Bertz CT molecular complexity index is 154. The minimum Gasteiger partial charge on any atom is -0.373 e. The fraction of sp³-hybridized carbons (Fsp3) is 0.875. The summed E-state index contributed by atoms with van der Waals surface area (Å²) < 4.78 is 5.13. The predicted octanol–water partition coefficient (Wildman–Crippen LogP) is 0.533. The Morgan fingerprint density at radius 1 is 1.82 bits per heavy atom. The van der Waals surface area contributed by atoms with Crippen molar-refractivity contribution in [1.29, 1.82) is 0 Å². The second kappa shape index (κ2) is 3.22. The van der Waals surface area contributed by atoms with Crippen LogP contribution in [0.2, 0.25) is 0 Å². The molecule has 0 aromatic rings. The second-order valence-corrected chi connectivity index (χ2v) is 3.13. The van der Waals surface area contributed by atoms with Gasteiger partial charge < -0.3 is 10.5 Å². The van der Waals surface area contributed by atoms with E-state index < -0.39 is 0 Å². The summed E-state index contributed by atoms with van der Waals surface area (Å²) in [6.45, 7) is 4.74. The zero-order valence-electron chi connectivity index (χ0n) is 7.04. The van der Waals surface area contributed by atoms with Crippen LogP contribution in [-0.4, -0.2) is 18.6 Å². The highest BCUT2D eigenvalue weighted by Crippen LogP contribution is 2.29. The standard InChI is InChI=1S/C8H15NO2/c1-3-6(7-4-11-7)5(2)8(9)10/h5-7H,3-4H2,1-2H3,(H2,9,10). The van der Waals surface area contributed by atoms with Gasteiger partial charge in [-0.15, -0.1) is 0 Å². The van der Waals surface area contributed by atoms with Crippen LogP contribution in [-0.2, 0) is 9.53 Å². The van der Waals surface area contributed by atoms with Crippen molar-refractivity contribution < 1.29 is 9.53 Å². The highest BCUT2D eigenvalue weighted by Gasteiger charge is 2.36. The highest BCUT2D eigenvalue weighted by molar-refractivity contribution is 5.76. The molecule has 0 aliphatic carbocycles. The average molecular weight is 157 g/mol. The van der Waals surface area contributed by atoms with E-state index in [-0.39, 0.29) is 11.8 Å². The number of epoxide rings is 1. The molecule has 11 heavy (non-hydrogen) atoms. The summed E-state index contributed by atoms with van der Waals surface area (Å²) in [7, 11) is 0. The summed E-state index contributed by atoms with van der Waals surface area (Å²) in [6.07, 6.45) is 1.26. The fourth-order valence-electron chi connectivity index (χ4n) is 1.45. The van der Waals surface area contributed by atoms with E-state index in [0.717, 1.165) is 13.0 Å². The molecule has 3 atom stereocenters. The molecule has 1 aliphatic heterocycles. The molecule has 1 amide bonds. The number of carbonyl (C=O) groups excluding carboxylic acids is 1. The summed E-state index contributed by atoms with van der Waals surface area (Å²) in [5, 5.41) is 0. The molecule has 0 spiro atoms.